The molecule has 5 rings (SSSR count). The molecule has 0 saturated heterocycles. The molecule has 2 aromatic carbocycles. The van der Waals surface area contributed by atoms with E-state index in [-0.39, 0.29) is 33.0 Å². The van der Waals surface area contributed by atoms with Gasteiger partial charge in [0, 0.05) is 26.2 Å². The Morgan fingerprint density at radius 2 is 1.56 bits per heavy atom. The van der Waals surface area contributed by atoms with Gasteiger partial charge in [-0.05, 0) is 42.3 Å². The summed E-state index contributed by atoms with van der Waals surface area (Å²) in [6, 6.07) is 4.89. The van der Waals surface area contributed by atoms with Gasteiger partial charge in [0.15, 0.2) is 18.1 Å². The second kappa shape index (κ2) is 13.5. The van der Waals surface area contributed by atoms with Crippen LogP contribution in [0.5, 0.6) is 5.88 Å². The summed E-state index contributed by atoms with van der Waals surface area (Å²) in [5.74, 6) is -24.0. The number of hydrogen-bond donors (Lipinski definition) is 1. The van der Waals surface area contributed by atoms with E-state index in [1.165, 1.54) is 26.2 Å². The molecule has 0 saturated carbocycles. The third-order valence-corrected chi connectivity index (χ3v) is 9.47. The van der Waals surface area contributed by atoms with Gasteiger partial charge in [0.05, 0.1) is 39.3 Å². The lowest BCUT2D eigenvalue weighted by Gasteiger charge is -2.33. The van der Waals surface area contributed by atoms with Crippen LogP contribution in [0.15, 0.2) is 47.3 Å². The standard InChI is InChI=1S/C30H23ClF11N7O4S/c1-47-22-19(6-5-17(31)21(22)25(46-47)48(2)54(3,51)52)49-24(18(43)10-13-8-14(32)11-15(33)9-13)45-23-16(26(49)50)4-7-20(44-23)53-12-27(34,35)28(36,37)29(38,39)30(40,41)42/h4-9,11,18H,10,12,43H2,1-3H3. The van der Waals surface area contributed by atoms with E-state index in [9.17, 15) is 61.5 Å². The number of rotatable bonds is 11. The van der Waals surface area contributed by atoms with Crippen molar-refractivity contribution in [1.29, 1.82) is 0 Å². The van der Waals surface area contributed by atoms with Gasteiger partial charge in [-0.3, -0.25) is 18.3 Å². The normalized spacial score (nSPS) is 13.9. The quantitative estimate of drug-likeness (QED) is 0.158. The van der Waals surface area contributed by atoms with Crippen molar-refractivity contribution in [3.8, 4) is 11.6 Å². The number of halogens is 12. The maximum absolute atomic E-state index is 14.2. The number of anilines is 1. The zero-order valence-electron chi connectivity index (χ0n) is 27.4. The Bertz CT molecular complexity index is 2440. The Morgan fingerprint density at radius 1 is 0.944 bits per heavy atom. The highest BCUT2D eigenvalue weighted by molar-refractivity contribution is 7.92. The molecule has 292 valence electrons. The topological polar surface area (TPSA) is 138 Å². The molecule has 3 aromatic heterocycles. The van der Waals surface area contributed by atoms with Crippen molar-refractivity contribution in [3.05, 3.63) is 80.9 Å². The van der Waals surface area contributed by atoms with Crippen LogP contribution in [0.25, 0.3) is 27.6 Å². The molecule has 1 atom stereocenters. The molecule has 3 heterocycles. The van der Waals surface area contributed by atoms with Crippen LogP contribution in [-0.2, 0) is 23.5 Å². The molecule has 0 amide bonds. The van der Waals surface area contributed by atoms with Gasteiger partial charge in [-0.1, -0.05) is 11.6 Å². The van der Waals surface area contributed by atoms with E-state index in [0.717, 1.165) is 38.0 Å². The van der Waals surface area contributed by atoms with Crippen LogP contribution in [0.3, 0.4) is 0 Å². The molecule has 1 unspecified atom stereocenters. The molecular formula is C30H23ClF11N7O4S. The highest BCUT2D eigenvalue weighted by Gasteiger charge is 2.82. The lowest BCUT2D eigenvalue weighted by atomic mass is 10.0. The summed E-state index contributed by atoms with van der Waals surface area (Å²) in [5.41, 5.74) is 4.55. The van der Waals surface area contributed by atoms with Crippen LogP contribution in [0.2, 0.25) is 5.02 Å². The highest BCUT2D eigenvalue weighted by Crippen LogP contribution is 2.53. The van der Waals surface area contributed by atoms with E-state index < -0.39 is 93.0 Å². The maximum atomic E-state index is 14.2. The zero-order valence-corrected chi connectivity index (χ0v) is 28.9. The third-order valence-electron chi connectivity index (χ3n) is 7.99. The third kappa shape index (κ3) is 6.98. The fourth-order valence-electron chi connectivity index (χ4n) is 5.26. The van der Waals surface area contributed by atoms with Gasteiger partial charge in [0.2, 0.25) is 15.9 Å². The molecule has 5 aromatic rings. The Hall–Kier alpha value is -4.77. The van der Waals surface area contributed by atoms with Crippen LogP contribution in [-0.4, -0.2) is 76.6 Å². The number of hydrogen-bond acceptors (Lipinski definition) is 8. The zero-order chi connectivity index (χ0) is 40.5. The minimum atomic E-state index is -7.17. The van der Waals surface area contributed by atoms with Crippen LogP contribution in [0.4, 0.5) is 54.1 Å². The summed E-state index contributed by atoms with van der Waals surface area (Å²) in [7, 11) is -1.39. The molecule has 0 aliphatic heterocycles. The van der Waals surface area contributed by atoms with Gasteiger partial charge in [-0.25, -0.2) is 22.2 Å². The maximum Gasteiger partial charge on any atom is 0.460 e. The molecule has 0 aliphatic rings. The van der Waals surface area contributed by atoms with Crippen molar-refractivity contribution in [2.75, 3.05) is 24.2 Å². The lowest BCUT2D eigenvalue weighted by Crippen LogP contribution is -2.62. The smallest absolute Gasteiger partial charge is 0.460 e. The molecule has 0 bridgehead atoms. The first-order valence-electron chi connectivity index (χ1n) is 14.8. The SMILES string of the molecule is CN(c1nn(C)c2c(-n3c(C(N)Cc4cc(F)cc(F)c4)nc4nc(OCC(F)(F)C(F)(F)C(F)(F)C(F)(F)F)ccc4c3=O)ccc(Cl)c12)S(C)(=O)=O. The van der Waals surface area contributed by atoms with Crippen LogP contribution in [0, 0.1) is 11.6 Å². The second-order valence-corrected chi connectivity index (χ2v) is 14.2. The van der Waals surface area contributed by atoms with E-state index >= 15 is 0 Å². The summed E-state index contributed by atoms with van der Waals surface area (Å²) in [5, 5.41) is 3.75. The number of aryl methyl sites for hydroxylation is 1. The molecule has 0 radical (unpaired) electrons. The lowest BCUT2D eigenvalue weighted by molar-refractivity contribution is -0.398. The predicted octanol–water partition coefficient (Wildman–Crippen LogP) is 6.08. The summed E-state index contributed by atoms with van der Waals surface area (Å²) in [4.78, 5) is 22.1. The summed E-state index contributed by atoms with van der Waals surface area (Å²) in [6.45, 7) is -2.74. The Labute approximate surface area is 300 Å². The number of aromatic nitrogens is 5. The Kier molecular flexibility index (Phi) is 10.1. The van der Waals surface area contributed by atoms with Gasteiger partial charge in [-0.15, -0.1) is 0 Å². The highest BCUT2D eigenvalue weighted by atomic mass is 35.5. The summed E-state index contributed by atoms with van der Waals surface area (Å²) < 4.78 is 181. The number of alkyl halides is 9. The number of sulfonamides is 1. The van der Waals surface area contributed by atoms with Crippen LogP contribution < -0.4 is 20.3 Å². The monoisotopic (exact) mass is 821 g/mol. The minimum Gasteiger partial charge on any atom is -0.471 e. The van der Waals surface area contributed by atoms with E-state index in [2.05, 4.69) is 19.8 Å². The molecule has 54 heavy (non-hydrogen) atoms. The molecule has 0 spiro atoms. The van der Waals surface area contributed by atoms with Gasteiger partial charge in [0.25, 0.3) is 5.56 Å². The number of ether oxygens (including phenoxy) is 1. The first-order valence-corrected chi connectivity index (χ1v) is 17.0. The fourth-order valence-corrected chi connectivity index (χ4v) is 5.94. The fraction of sp³-hybridized carbons (Fsp3) is 0.333. The van der Waals surface area contributed by atoms with Crippen molar-refractivity contribution in [2.45, 2.75) is 36.4 Å². The number of nitrogens with two attached hydrogens (primary N) is 1. The van der Waals surface area contributed by atoms with Crippen molar-refractivity contribution in [1.82, 2.24) is 24.3 Å². The first-order chi connectivity index (χ1) is 24.7. The number of pyridine rings is 1. The number of benzene rings is 2. The summed E-state index contributed by atoms with van der Waals surface area (Å²) in [6.07, 6.45) is -6.62. The number of fused-ring (bicyclic) bond motifs is 2. The van der Waals surface area contributed by atoms with Crippen LogP contribution >= 0.6 is 11.6 Å². The Morgan fingerprint density at radius 3 is 2.13 bits per heavy atom. The van der Waals surface area contributed by atoms with E-state index in [1.54, 1.807) is 0 Å². The van der Waals surface area contributed by atoms with Crippen molar-refractivity contribution < 1.29 is 61.4 Å². The molecule has 11 nitrogen and oxygen atoms in total. The van der Waals surface area contributed by atoms with Crippen molar-refractivity contribution in [3.63, 3.8) is 0 Å². The Balaban J connectivity index is 1.69. The average molecular weight is 822 g/mol. The van der Waals surface area contributed by atoms with E-state index in [4.69, 9.17) is 17.3 Å². The molecule has 24 heteroatoms. The van der Waals surface area contributed by atoms with E-state index in [1.807, 2.05) is 0 Å². The van der Waals surface area contributed by atoms with Gasteiger partial charge in [0.1, 0.15) is 17.5 Å². The molecule has 2 N–H and O–H groups in total. The number of nitrogens with zero attached hydrogens (tertiary/aromatic N) is 6. The summed E-state index contributed by atoms with van der Waals surface area (Å²) >= 11 is 6.46. The first kappa shape index (κ1) is 40.4. The van der Waals surface area contributed by atoms with Crippen molar-refractivity contribution in [2.24, 2.45) is 12.8 Å². The molecular weight excluding hydrogens is 799 g/mol. The largest absolute Gasteiger partial charge is 0.471 e. The van der Waals surface area contributed by atoms with Gasteiger partial charge < -0.3 is 10.5 Å². The van der Waals surface area contributed by atoms with E-state index in [0.29, 0.717) is 12.1 Å². The van der Waals surface area contributed by atoms with Crippen molar-refractivity contribution >= 4 is 49.4 Å². The van der Waals surface area contributed by atoms with Gasteiger partial charge >= 0.3 is 23.9 Å². The predicted molar refractivity (Wildman–Crippen MR) is 171 cm³/mol. The van der Waals surface area contributed by atoms with Gasteiger partial charge in [-0.2, -0.15) is 49.6 Å². The minimum absolute atomic E-state index is 0.0130. The molecule has 0 aliphatic carbocycles. The second-order valence-electron chi connectivity index (χ2n) is 11.8. The van der Waals surface area contributed by atoms with Crippen LogP contribution in [0.1, 0.15) is 17.4 Å². The molecule has 0 fully saturated rings. The average Bonchev–Trinajstić information content (AvgIpc) is 3.39.